The summed E-state index contributed by atoms with van der Waals surface area (Å²) in [5.41, 5.74) is 4.69. The topological polar surface area (TPSA) is 55.1 Å². The molecule has 0 heterocycles. The fourth-order valence-corrected chi connectivity index (χ4v) is 2.11. The van der Waals surface area contributed by atoms with Crippen molar-refractivity contribution in [3.8, 4) is 0 Å². The summed E-state index contributed by atoms with van der Waals surface area (Å²) >= 11 is 0. The van der Waals surface area contributed by atoms with Crippen LogP contribution in [0.4, 0.5) is 13.2 Å². The maximum absolute atomic E-state index is 13.4. The van der Waals surface area contributed by atoms with Gasteiger partial charge in [-0.2, -0.15) is 0 Å². The van der Waals surface area contributed by atoms with E-state index in [1.807, 2.05) is 0 Å². The van der Waals surface area contributed by atoms with Crippen LogP contribution in [0.1, 0.15) is 29.6 Å². The van der Waals surface area contributed by atoms with Gasteiger partial charge in [0.25, 0.3) is 5.91 Å². The Morgan fingerprint density at radius 2 is 1.84 bits per heavy atom. The van der Waals surface area contributed by atoms with Gasteiger partial charge in [0.15, 0.2) is 0 Å². The van der Waals surface area contributed by atoms with E-state index < -0.39 is 28.9 Å². The number of rotatable bonds is 5. The lowest BCUT2D eigenvalue weighted by molar-refractivity contribution is 0.0935. The summed E-state index contributed by atoms with van der Waals surface area (Å²) in [7, 11) is 0. The highest BCUT2D eigenvalue weighted by Gasteiger charge is 2.41. The van der Waals surface area contributed by atoms with Crippen molar-refractivity contribution in [1.82, 2.24) is 5.32 Å². The van der Waals surface area contributed by atoms with Crippen LogP contribution < -0.4 is 11.1 Å². The van der Waals surface area contributed by atoms with Gasteiger partial charge >= 0.3 is 0 Å². The number of benzene rings is 1. The third-order valence-electron chi connectivity index (χ3n) is 3.49. The third kappa shape index (κ3) is 3.07. The minimum atomic E-state index is -1.20. The standard InChI is InChI=1S/C13H15F3N2O/c14-8-5-9(15)11(10(16)6-8)12(19)18-7-13(1-2-13)3-4-17/h5-6H,1-4,7,17H2,(H,18,19). The van der Waals surface area contributed by atoms with Gasteiger partial charge in [-0.25, -0.2) is 13.2 Å². The second-order valence-corrected chi connectivity index (χ2v) is 4.97. The Bertz CT molecular complexity index is 478. The molecule has 0 radical (unpaired) electrons. The van der Waals surface area contributed by atoms with Crippen LogP contribution in [0.15, 0.2) is 12.1 Å². The number of carbonyl (C=O) groups excluding carboxylic acids is 1. The number of halogens is 3. The zero-order valence-corrected chi connectivity index (χ0v) is 10.3. The summed E-state index contributed by atoms with van der Waals surface area (Å²) in [6.07, 6.45) is 2.65. The van der Waals surface area contributed by atoms with Gasteiger partial charge in [-0.15, -0.1) is 0 Å². The largest absolute Gasteiger partial charge is 0.351 e. The first-order chi connectivity index (χ1) is 8.97. The van der Waals surface area contributed by atoms with E-state index in [9.17, 15) is 18.0 Å². The van der Waals surface area contributed by atoms with Crippen LogP contribution in [0.25, 0.3) is 0 Å². The quantitative estimate of drug-likeness (QED) is 0.861. The first kappa shape index (κ1) is 13.9. The van der Waals surface area contributed by atoms with Crippen LogP contribution in [0, 0.1) is 22.9 Å². The molecule has 1 aromatic carbocycles. The Kier molecular flexibility index (Phi) is 3.80. The molecule has 0 aliphatic heterocycles. The van der Waals surface area contributed by atoms with Crippen LogP contribution >= 0.6 is 0 Å². The van der Waals surface area contributed by atoms with Crippen molar-refractivity contribution in [1.29, 1.82) is 0 Å². The fourth-order valence-electron chi connectivity index (χ4n) is 2.11. The molecular weight excluding hydrogens is 257 g/mol. The number of amides is 1. The summed E-state index contributed by atoms with van der Waals surface area (Å²) in [6, 6.07) is 0.982. The van der Waals surface area contributed by atoms with Gasteiger partial charge in [0.2, 0.25) is 0 Å². The lowest BCUT2D eigenvalue weighted by Gasteiger charge is -2.15. The van der Waals surface area contributed by atoms with Gasteiger partial charge in [-0.1, -0.05) is 0 Å². The number of hydrogen-bond donors (Lipinski definition) is 2. The average Bonchev–Trinajstić information content (AvgIpc) is 3.06. The first-order valence-electron chi connectivity index (χ1n) is 6.10. The summed E-state index contributed by atoms with van der Waals surface area (Å²) in [4.78, 5) is 11.7. The molecule has 1 fully saturated rings. The smallest absolute Gasteiger partial charge is 0.257 e. The highest BCUT2D eigenvalue weighted by Crippen LogP contribution is 2.47. The van der Waals surface area contributed by atoms with E-state index in [0.29, 0.717) is 25.2 Å². The van der Waals surface area contributed by atoms with E-state index in [4.69, 9.17) is 5.73 Å². The monoisotopic (exact) mass is 272 g/mol. The number of hydrogen-bond acceptors (Lipinski definition) is 2. The van der Waals surface area contributed by atoms with E-state index in [1.54, 1.807) is 0 Å². The average molecular weight is 272 g/mol. The van der Waals surface area contributed by atoms with Gasteiger partial charge in [0.1, 0.15) is 23.0 Å². The number of carbonyl (C=O) groups is 1. The summed E-state index contributed by atoms with van der Waals surface area (Å²) in [6.45, 7) is 0.842. The van der Waals surface area contributed by atoms with Gasteiger partial charge < -0.3 is 11.1 Å². The molecule has 1 saturated carbocycles. The molecule has 1 aromatic rings. The van der Waals surface area contributed by atoms with Gasteiger partial charge in [-0.05, 0) is 31.2 Å². The molecule has 104 valence electrons. The van der Waals surface area contributed by atoms with Crippen LogP contribution in [-0.4, -0.2) is 19.0 Å². The SMILES string of the molecule is NCCC1(CNC(=O)c2c(F)cc(F)cc2F)CC1. The lowest BCUT2D eigenvalue weighted by atomic mass is 10.0. The van der Waals surface area contributed by atoms with Crippen LogP contribution in [0.3, 0.4) is 0 Å². The predicted octanol–water partition coefficient (Wildman–Crippen LogP) is 1.96. The second kappa shape index (κ2) is 5.21. The van der Waals surface area contributed by atoms with Crippen molar-refractivity contribution in [2.24, 2.45) is 11.1 Å². The number of nitrogens with one attached hydrogen (secondary N) is 1. The summed E-state index contributed by atoms with van der Waals surface area (Å²) < 4.78 is 39.5. The fraction of sp³-hybridized carbons (Fsp3) is 0.462. The molecule has 1 amide bonds. The van der Waals surface area contributed by atoms with Crippen LogP contribution in [0.5, 0.6) is 0 Å². The summed E-state index contributed by atoms with van der Waals surface area (Å²) in [5.74, 6) is -4.30. The third-order valence-corrected chi connectivity index (χ3v) is 3.49. The van der Waals surface area contributed by atoms with E-state index in [2.05, 4.69) is 5.32 Å². The predicted molar refractivity (Wildman–Crippen MR) is 64.0 cm³/mol. The zero-order chi connectivity index (χ0) is 14.0. The lowest BCUT2D eigenvalue weighted by Crippen LogP contribution is -2.32. The minimum Gasteiger partial charge on any atom is -0.351 e. The van der Waals surface area contributed by atoms with E-state index in [1.165, 1.54) is 0 Å². The molecule has 19 heavy (non-hydrogen) atoms. The highest BCUT2D eigenvalue weighted by molar-refractivity contribution is 5.94. The molecule has 3 nitrogen and oxygen atoms in total. The molecule has 0 bridgehead atoms. The minimum absolute atomic E-state index is 0.0304. The van der Waals surface area contributed by atoms with Crippen LogP contribution in [0.2, 0.25) is 0 Å². The molecule has 6 heteroatoms. The molecular formula is C13H15F3N2O. The molecule has 0 unspecified atom stereocenters. The van der Waals surface area contributed by atoms with Crippen LogP contribution in [-0.2, 0) is 0 Å². The highest BCUT2D eigenvalue weighted by atomic mass is 19.1. The molecule has 3 N–H and O–H groups in total. The molecule has 2 rings (SSSR count). The van der Waals surface area contributed by atoms with Crippen molar-refractivity contribution in [3.05, 3.63) is 35.1 Å². The molecule has 0 spiro atoms. The first-order valence-corrected chi connectivity index (χ1v) is 6.10. The van der Waals surface area contributed by atoms with Crippen molar-refractivity contribution in [3.63, 3.8) is 0 Å². The Balaban J connectivity index is 2.05. The van der Waals surface area contributed by atoms with Gasteiger partial charge in [0, 0.05) is 18.7 Å². The van der Waals surface area contributed by atoms with Crippen molar-refractivity contribution >= 4 is 5.91 Å². The maximum Gasteiger partial charge on any atom is 0.257 e. The Hall–Kier alpha value is -1.56. The maximum atomic E-state index is 13.4. The molecule has 1 aliphatic carbocycles. The summed E-state index contributed by atoms with van der Waals surface area (Å²) in [5, 5.41) is 2.49. The number of nitrogens with two attached hydrogens (primary N) is 1. The Morgan fingerprint density at radius 1 is 1.26 bits per heavy atom. The zero-order valence-electron chi connectivity index (χ0n) is 10.3. The molecule has 1 aliphatic rings. The molecule has 0 atom stereocenters. The van der Waals surface area contributed by atoms with E-state index >= 15 is 0 Å². The Labute approximate surface area is 109 Å². The van der Waals surface area contributed by atoms with Gasteiger partial charge in [-0.3, -0.25) is 4.79 Å². The van der Waals surface area contributed by atoms with Crippen molar-refractivity contribution in [2.75, 3.05) is 13.1 Å². The van der Waals surface area contributed by atoms with E-state index in [0.717, 1.165) is 19.3 Å². The molecule has 0 saturated heterocycles. The molecule has 0 aromatic heterocycles. The van der Waals surface area contributed by atoms with E-state index in [-0.39, 0.29) is 5.41 Å². The van der Waals surface area contributed by atoms with Crippen molar-refractivity contribution < 1.29 is 18.0 Å². The normalized spacial score (nSPS) is 16.2. The second-order valence-electron chi connectivity index (χ2n) is 4.97. The van der Waals surface area contributed by atoms with Gasteiger partial charge in [0.05, 0.1) is 0 Å². The Morgan fingerprint density at radius 3 is 2.32 bits per heavy atom. The van der Waals surface area contributed by atoms with Crippen molar-refractivity contribution in [2.45, 2.75) is 19.3 Å².